The van der Waals surface area contributed by atoms with Crippen molar-refractivity contribution >= 4 is 18.3 Å². The summed E-state index contributed by atoms with van der Waals surface area (Å²) in [5, 5.41) is 2.70. The summed E-state index contributed by atoms with van der Waals surface area (Å²) in [6.45, 7) is 2.21. The second-order valence-electron chi connectivity index (χ2n) is 3.87. The highest BCUT2D eigenvalue weighted by Gasteiger charge is 2.05. The van der Waals surface area contributed by atoms with E-state index in [1.807, 2.05) is 0 Å². The highest BCUT2D eigenvalue weighted by Crippen LogP contribution is 2.06. The number of halogens is 2. The summed E-state index contributed by atoms with van der Waals surface area (Å²) < 4.78 is 13.2. The maximum absolute atomic E-state index is 13.2. The van der Waals surface area contributed by atoms with Gasteiger partial charge in [0.25, 0.3) is 0 Å². The van der Waals surface area contributed by atoms with E-state index < -0.39 is 0 Å². The minimum atomic E-state index is -0.232. The van der Waals surface area contributed by atoms with Gasteiger partial charge >= 0.3 is 0 Å². The molecule has 0 aliphatic rings. The summed E-state index contributed by atoms with van der Waals surface area (Å²) in [7, 11) is 0. The van der Waals surface area contributed by atoms with Crippen molar-refractivity contribution in [1.29, 1.82) is 0 Å². The lowest BCUT2D eigenvalue weighted by molar-refractivity contribution is -0.121. The van der Waals surface area contributed by atoms with Crippen LogP contribution in [0.4, 0.5) is 4.39 Å². The van der Waals surface area contributed by atoms with Crippen LogP contribution >= 0.6 is 12.4 Å². The molecule has 0 fully saturated rings. The molecule has 0 radical (unpaired) electrons. The van der Waals surface area contributed by atoms with Crippen molar-refractivity contribution in [3.05, 3.63) is 35.6 Å². The van der Waals surface area contributed by atoms with Gasteiger partial charge in [-0.05, 0) is 25.0 Å². The van der Waals surface area contributed by atoms with E-state index in [0.717, 1.165) is 0 Å². The number of nitrogens with two attached hydrogens (primary N) is 1. The van der Waals surface area contributed by atoms with Gasteiger partial charge in [-0.3, -0.25) is 4.79 Å². The zero-order valence-corrected chi connectivity index (χ0v) is 10.6. The Labute approximate surface area is 107 Å². The molecule has 1 aromatic carbocycles. The van der Waals surface area contributed by atoms with Gasteiger partial charge in [-0.15, -0.1) is 12.4 Å². The van der Waals surface area contributed by atoms with Gasteiger partial charge < -0.3 is 11.1 Å². The molecule has 1 unspecified atom stereocenters. The van der Waals surface area contributed by atoms with E-state index in [9.17, 15) is 9.18 Å². The molecule has 3 nitrogen and oxygen atoms in total. The SMILES string of the molecule is CC(N)CC(=O)NCCc1ccccc1F.Cl. The van der Waals surface area contributed by atoms with Crippen molar-refractivity contribution in [3.8, 4) is 0 Å². The van der Waals surface area contributed by atoms with Crippen LogP contribution < -0.4 is 11.1 Å². The number of hydrogen-bond acceptors (Lipinski definition) is 2. The van der Waals surface area contributed by atoms with Gasteiger partial charge in [0.1, 0.15) is 5.82 Å². The molecule has 1 amide bonds. The second-order valence-corrected chi connectivity index (χ2v) is 3.87. The predicted octanol–water partition coefficient (Wildman–Crippen LogP) is 1.64. The molecule has 1 atom stereocenters. The number of carbonyl (C=O) groups is 1. The van der Waals surface area contributed by atoms with Gasteiger partial charge in [0.15, 0.2) is 0 Å². The first-order valence-electron chi connectivity index (χ1n) is 5.35. The van der Waals surface area contributed by atoms with Crippen molar-refractivity contribution in [3.63, 3.8) is 0 Å². The Morgan fingerprint density at radius 3 is 2.71 bits per heavy atom. The number of hydrogen-bond donors (Lipinski definition) is 2. The van der Waals surface area contributed by atoms with Gasteiger partial charge in [-0.1, -0.05) is 18.2 Å². The van der Waals surface area contributed by atoms with Crippen LogP contribution in [0.1, 0.15) is 18.9 Å². The van der Waals surface area contributed by atoms with E-state index in [1.54, 1.807) is 25.1 Å². The molecule has 17 heavy (non-hydrogen) atoms. The second kappa shape index (κ2) is 8.03. The van der Waals surface area contributed by atoms with E-state index in [0.29, 0.717) is 24.9 Å². The van der Waals surface area contributed by atoms with Gasteiger partial charge in [0.2, 0.25) is 5.91 Å². The Kier molecular flexibility index (Phi) is 7.50. The standard InChI is InChI=1S/C12H17FN2O.ClH/c1-9(14)8-12(16)15-7-6-10-4-2-3-5-11(10)13;/h2-5,9H,6-8,14H2,1H3,(H,15,16);1H. The summed E-state index contributed by atoms with van der Waals surface area (Å²) in [6.07, 6.45) is 0.800. The van der Waals surface area contributed by atoms with Crippen LogP contribution in [0.2, 0.25) is 0 Å². The Hall–Kier alpha value is -1.13. The molecule has 3 N–H and O–H groups in total. The quantitative estimate of drug-likeness (QED) is 0.846. The molecule has 0 bridgehead atoms. The average Bonchev–Trinajstić information content (AvgIpc) is 2.19. The molecule has 0 saturated carbocycles. The minimum absolute atomic E-state index is 0. The van der Waals surface area contributed by atoms with E-state index >= 15 is 0 Å². The molecule has 1 aromatic rings. The maximum Gasteiger partial charge on any atom is 0.221 e. The third kappa shape index (κ3) is 6.24. The monoisotopic (exact) mass is 260 g/mol. The average molecular weight is 261 g/mol. The zero-order valence-electron chi connectivity index (χ0n) is 9.78. The Balaban J connectivity index is 0.00000256. The molecule has 0 heterocycles. The smallest absolute Gasteiger partial charge is 0.221 e. The topological polar surface area (TPSA) is 55.1 Å². The maximum atomic E-state index is 13.2. The van der Waals surface area contributed by atoms with Crippen molar-refractivity contribution in [2.75, 3.05) is 6.54 Å². The Bertz CT molecular complexity index is 358. The number of benzene rings is 1. The summed E-state index contributed by atoms with van der Waals surface area (Å²) in [5.74, 6) is -0.324. The van der Waals surface area contributed by atoms with Gasteiger partial charge in [0.05, 0.1) is 0 Å². The van der Waals surface area contributed by atoms with Crippen molar-refractivity contribution in [2.45, 2.75) is 25.8 Å². The van der Waals surface area contributed by atoms with Crippen molar-refractivity contribution < 1.29 is 9.18 Å². The number of rotatable bonds is 5. The van der Waals surface area contributed by atoms with Crippen molar-refractivity contribution in [2.24, 2.45) is 5.73 Å². The summed E-state index contributed by atoms with van der Waals surface area (Å²) in [6, 6.07) is 6.41. The van der Waals surface area contributed by atoms with Crippen LogP contribution in [0.25, 0.3) is 0 Å². The first-order valence-corrected chi connectivity index (χ1v) is 5.35. The van der Waals surface area contributed by atoms with E-state index in [2.05, 4.69) is 5.32 Å². The Morgan fingerprint density at radius 1 is 1.47 bits per heavy atom. The molecule has 0 spiro atoms. The molecule has 5 heteroatoms. The molecule has 0 saturated heterocycles. The normalized spacial score (nSPS) is 11.5. The van der Waals surface area contributed by atoms with E-state index in [-0.39, 0.29) is 30.2 Å². The molecule has 96 valence electrons. The summed E-state index contributed by atoms with van der Waals surface area (Å²) in [5.41, 5.74) is 6.09. The summed E-state index contributed by atoms with van der Waals surface area (Å²) >= 11 is 0. The van der Waals surface area contributed by atoms with E-state index in [4.69, 9.17) is 5.73 Å². The zero-order chi connectivity index (χ0) is 12.0. The molecule has 0 aliphatic carbocycles. The lowest BCUT2D eigenvalue weighted by Gasteiger charge is -2.07. The lowest BCUT2D eigenvalue weighted by Crippen LogP contribution is -2.31. The Morgan fingerprint density at radius 2 is 2.12 bits per heavy atom. The first-order chi connectivity index (χ1) is 7.59. The molecule has 0 aliphatic heterocycles. The minimum Gasteiger partial charge on any atom is -0.356 e. The molecule has 0 aromatic heterocycles. The van der Waals surface area contributed by atoms with Crippen LogP contribution in [-0.4, -0.2) is 18.5 Å². The fourth-order valence-corrected chi connectivity index (χ4v) is 1.40. The van der Waals surface area contributed by atoms with Crippen LogP contribution in [0, 0.1) is 5.82 Å². The first kappa shape index (κ1) is 15.9. The van der Waals surface area contributed by atoms with Crippen LogP contribution in [0.15, 0.2) is 24.3 Å². The number of carbonyl (C=O) groups excluding carboxylic acids is 1. The fraction of sp³-hybridized carbons (Fsp3) is 0.417. The lowest BCUT2D eigenvalue weighted by atomic mass is 10.1. The van der Waals surface area contributed by atoms with Crippen LogP contribution in [0.5, 0.6) is 0 Å². The number of nitrogens with one attached hydrogen (secondary N) is 1. The van der Waals surface area contributed by atoms with E-state index in [1.165, 1.54) is 6.07 Å². The van der Waals surface area contributed by atoms with Crippen LogP contribution in [-0.2, 0) is 11.2 Å². The predicted molar refractivity (Wildman–Crippen MR) is 68.6 cm³/mol. The highest BCUT2D eigenvalue weighted by molar-refractivity contribution is 5.85. The summed E-state index contributed by atoms with van der Waals surface area (Å²) in [4.78, 5) is 11.2. The molecular formula is C12H18ClFN2O. The van der Waals surface area contributed by atoms with Gasteiger partial charge in [-0.2, -0.15) is 0 Å². The number of amides is 1. The van der Waals surface area contributed by atoms with Gasteiger partial charge in [0, 0.05) is 19.0 Å². The van der Waals surface area contributed by atoms with Crippen molar-refractivity contribution in [1.82, 2.24) is 5.32 Å². The highest BCUT2D eigenvalue weighted by atomic mass is 35.5. The van der Waals surface area contributed by atoms with Gasteiger partial charge in [-0.25, -0.2) is 4.39 Å². The largest absolute Gasteiger partial charge is 0.356 e. The molecule has 1 rings (SSSR count). The fourth-order valence-electron chi connectivity index (χ4n) is 1.40. The third-order valence-corrected chi connectivity index (χ3v) is 2.18. The molecular weight excluding hydrogens is 243 g/mol. The third-order valence-electron chi connectivity index (χ3n) is 2.18. The van der Waals surface area contributed by atoms with Crippen LogP contribution in [0.3, 0.4) is 0 Å².